The predicted molar refractivity (Wildman–Crippen MR) is 89.5 cm³/mol. The van der Waals surface area contributed by atoms with Gasteiger partial charge in [0, 0.05) is 17.6 Å². The first-order chi connectivity index (χ1) is 10.2. The van der Waals surface area contributed by atoms with Crippen molar-refractivity contribution in [2.24, 2.45) is 5.41 Å². The van der Waals surface area contributed by atoms with E-state index in [0.717, 1.165) is 24.3 Å². The van der Waals surface area contributed by atoms with E-state index >= 15 is 0 Å². The number of hydrogen-bond donors (Lipinski definition) is 3. The molecule has 0 aliphatic carbocycles. The minimum Gasteiger partial charge on any atom is -0.344 e. The van der Waals surface area contributed by atoms with Gasteiger partial charge in [-0.25, -0.2) is 0 Å². The highest BCUT2D eigenvalue weighted by molar-refractivity contribution is 5.97. The number of hydrogen-bond acceptors (Lipinski definition) is 3. The second-order valence-electron chi connectivity index (χ2n) is 6.42. The molecule has 1 rings (SSSR count). The van der Waals surface area contributed by atoms with E-state index in [1.54, 1.807) is 6.92 Å². The number of carbonyl (C=O) groups is 2. The Morgan fingerprint density at radius 2 is 1.91 bits per heavy atom. The van der Waals surface area contributed by atoms with Crippen LogP contribution in [0.5, 0.6) is 0 Å². The van der Waals surface area contributed by atoms with Crippen LogP contribution in [0.2, 0.25) is 0 Å². The quantitative estimate of drug-likeness (QED) is 0.755. The van der Waals surface area contributed by atoms with Gasteiger partial charge in [0.05, 0.1) is 0 Å². The van der Waals surface area contributed by atoms with Crippen LogP contribution >= 0.6 is 0 Å². The molecule has 1 unspecified atom stereocenters. The summed E-state index contributed by atoms with van der Waals surface area (Å²) in [5, 5.41) is 8.80. The van der Waals surface area contributed by atoms with E-state index in [1.165, 1.54) is 0 Å². The molecule has 22 heavy (non-hydrogen) atoms. The van der Waals surface area contributed by atoms with E-state index in [9.17, 15) is 9.59 Å². The molecule has 122 valence electrons. The fourth-order valence-electron chi connectivity index (χ4n) is 1.76. The van der Waals surface area contributed by atoms with Crippen LogP contribution in [-0.2, 0) is 16.1 Å². The standard InChI is InChI=1S/C17H27N3O2/c1-6-18-11-13-8-7-9-14(10-13)20-15(21)12(2)19-16(22)17(3,4)5/h7-10,12,18H,6,11H2,1-5H3,(H,19,22)(H,20,21). The number of amides is 2. The molecule has 5 nitrogen and oxygen atoms in total. The monoisotopic (exact) mass is 305 g/mol. The average molecular weight is 305 g/mol. The van der Waals surface area contributed by atoms with Gasteiger partial charge in [-0.1, -0.05) is 39.8 Å². The van der Waals surface area contributed by atoms with Gasteiger partial charge in [0.25, 0.3) is 0 Å². The Kier molecular flexibility index (Phi) is 6.56. The van der Waals surface area contributed by atoms with E-state index in [1.807, 2.05) is 52.0 Å². The van der Waals surface area contributed by atoms with E-state index < -0.39 is 11.5 Å². The summed E-state index contributed by atoms with van der Waals surface area (Å²) < 4.78 is 0. The number of anilines is 1. The van der Waals surface area contributed by atoms with Crippen LogP contribution in [0.4, 0.5) is 5.69 Å². The first-order valence-electron chi connectivity index (χ1n) is 7.65. The second-order valence-corrected chi connectivity index (χ2v) is 6.42. The Morgan fingerprint density at radius 3 is 2.50 bits per heavy atom. The summed E-state index contributed by atoms with van der Waals surface area (Å²) in [5.41, 5.74) is 1.32. The van der Waals surface area contributed by atoms with E-state index in [0.29, 0.717) is 0 Å². The number of nitrogens with one attached hydrogen (secondary N) is 3. The van der Waals surface area contributed by atoms with Crippen molar-refractivity contribution in [3.8, 4) is 0 Å². The molecule has 0 heterocycles. The molecule has 1 atom stereocenters. The minimum absolute atomic E-state index is 0.143. The highest BCUT2D eigenvalue weighted by Gasteiger charge is 2.25. The van der Waals surface area contributed by atoms with E-state index in [4.69, 9.17) is 0 Å². The number of benzene rings is 1. The third kappa shape index (κ3) is 5.85. The maximum atomic E-state index is 12.2. The lowest BCUT2D eigenvalue weighted by molar-refractivity contribution is -0.131. The van der Waals surface area contributed by atoms with Crippen molar-refractivity contribution >= 4 is 17.5 Å². The van der Waals surface area contributed by atoms with Crippen molar-refractivity contribution in [3.63, 3.8) is 0 Å². The van der Waals surface area contributed by atoms with Crippen LogP contribution in [0.25, 0.3) is 0 Å². The number of carbonyl (C=O) groups excluding carboxylic acids is 2. The third-order valence-electron chi connectivity index (χ3n) is 3.20. The van der Waals surface area contributed by atoms with Gasteiger partial charge in [0.2, 0.25) is 11.8 Å². The maximum Gasteiger partial charge on any atom is 0.246 e. The molecule has 0 aromatic heterocycles. The molecule has 5 heteroatoms. The zero-order chi connectivity index (χ0) is 16.8. The smallest absolute Gasteiger partial charge is 0.246 e. The Morgan fingerprint density at radius 1 is 1.23 bits per heavy atom. The molecular weight excluding hydrogens is 278 g/mol. The van der Waals surface area contributed by atoms with Gasteiger partial charge >= 0.3 is 0 Å². The highest BCUT2D eigenvalue weighted by Crippen LogP contribution is 2.14. The van der Waals surface area contributed by atoms with Crippen LogP contribution in [0.15, 0.2) is 24.3 Å². The Balaban J connectivity index is 2.62. The Labute approximate surface area is 132 Å². The SMILES string of the molecule is CCNCc1cccc(NC(=O)C(C)NC(=O)C(C)(C)C)c1. The van der Waals surface area contributed by atoms with Gasteiger partial charge < -0.3 is 16.0 Å². The lowest BCUT2D eigenvalue weighted by atomic mass is 9.95. The minimum atomic E-state index is -0.579. The third-order valence-corrected chi connectivity index (χ3v) is 3.20. The molecule has 1 aromatic carbocycles. The maximum absolute atomic E-state index is 12.2. The summed E-state index contributed by atoms with van der Waals surface area (Å²) in [6.45, 7) is 10.8. The lowest BCUT2D eigenvalue weighted by Crippen LogP contribution is -2.46. The zero-order valence-corrected chi connectivity index (χ0v) is 14.1. The summed E-state index contributed by atoms with van der Waals surface area (Å²) in [6, 6.07) is 7.10. The Hall–Kier alpha value is -1.88. The molecule has 0 saturated carbocycles. The molecule has 1 aromatic rings. The Bertz CT molecular complexity index is 521. The summed E-state index contributed by atoms with van der Waals surface area (Å²) in [7, 11) is 0. The van der Waals surface area contributed by atoms with Gasteiger partial charge in [-0.15, -0.1) is 0 Å². The van der Waals surface area contributed by atoms with Gasteiger partial charge in [-0.05, 0) is 31.2 Å². The van der Waals surface area contributed by atoms with Crippen molar-refractivity contribution in [3.05, 3.63) is 29.8 Å². The fourth-order valence-corrected chi connectivity index (χ4v) is 1.76. The summed E-state index contributed by atoms with van der Waals surface area (Å²) >= 11 is 0. The van der Waals surface area contributed by atoms with Crippen molar-refractivity contribution in [2.45, 2.75) is 47.2 Å². The highest BCUT2D eigenvalue weighted by atomic mass is 16.2. The van der Waals surface area contributed by atoms with Crippen LogP contribution < -0.4 is 16.0 Å². The van der Waals surface area contributed by atoms with Crippen molar-refractivity contribution < 1.29 is 9.59 Å². The van der Waals surface area contributed by atoms with Crippen molar-refractivity contribution in [2.75, 3.05) is 11.9 Å². The fraction of sp³-hybridized carbons (Fsp3) is 0.529. The molecule has 0 spiro atoms. The molecular formula is C17H27N3O2. The van der Waals surface area contributed by atoms with Crippen molar-refractivity contribution in [1.82, 2.24) is 10.6 Å². The van der Waals surface area contributed by atoms with Crippen LogP contribution in [0.3, 0.4) is 0 Å². The largest absolute Gasteiger partial charge is 0.344 e. The molecule has 3 N–H and O–H groups in total. The van der Waals surface area contributed by atoms with E-state index in [2.05, 4.69) is 16.0 Å². The van der Waals surface area contributed by atoms with Crippen molar-refractivity contribution in [1.29, 1.82) is 0 Å². The molecule has 0 fully saturated rings. The number of rotatable bonds is 6. The normalized spacial score (nSPS) is 12.6. The first kappa shape index (κ1) is 18.2. The summed E-state index contributed by atoms with van der Waals surface area (Å²) in [4.78, 5) is 24.1. The predicted octanol–water partition coefficient (Wildman–Crippen LogP) is 2.29. The topological polar surface area (TPSA) is 70.2 Å². The zero-order valence-electron chi connectivity index (χ0n) is 14.1. The van der Waals surface area contributed by atoms with Gasteiger partial charge in [-0.3, -0.25) is 9.59 Å². The van der Waals surface area contributed by atoms with Gasteiger partial charge in [0.15, 0.2) is 0 Å². The molecule has 0 aliphatic heterocycles. The molecule has 0 aliphatic rings. The average Bonchev–Trinajstić information content (AvgIpc) is 2.44. The second kappa shape index (κ2) is 7.94. The summed E-state index contributed by atoms with van der Waals surface area (Å²) in [6.07, 6.45) is 0. The van der Waals surface area contributed by atoms with Crippen LogP contribution in [0.1, 0.15) is 40.2 Å². The molecule has 2 amide bonds. The summed E-state index contributed by atoms with van der Waals surface area (Å²) in [5.74, 6) is -0.366. The van der Waals surface area contributed by atoms with Gasteiger partial charge in [0.1, 0.15) is 6.04 Å². The van der Waals surface area contributed by atoms with Crippen LogP contribution in [-0.4, -0.2) is 24.4 Å². The molecule has 0 saturated heterocycles. The lowest BCUT2D eigenvalue weighted by Gasteiger charge is -2.21. The first-order valence-corrected chi connectivity index (χ1v) is 7.65. The molecule has 0 radical (unpaired) electrons. The molecule has 0 bridgehead atoms. The van der Waals surface area contributed by atoms with Gasteiger partial charge in [-0.2, -0.15) is 0 Å². The van der Waals surface area contributed by atoms with Crippen LogP contribution in [0, 0.1) is 5.41 Å². The van der Waals surface area contributed by atoms with E-state index in [-0.39, 0.29) is 11.8 Å².